The molecule has 0 saturated carbocycles. The Morgan fingerprint density at radius 2 is 1.48 bits per heavy atom. The highest BCUT2D eigenvalue weighted by Crippen LogP contribution is 2.34. The van der Waals surface area contributed by atoms with E-state index in [1.54, 1.807) is 0 Å². The molecule has 0 radical (unpaired) electrons. The van der Waals surface area contributed by atoms with Crippen LogP contribution in [0.15, 0.2) is 78.9 Å². The van der Waals surface area contributed by atoms with Crippen molar-refractivity contribution >= 4 is 23.0 Å². The summed E-state index contributed by atoms with van der Waals surface area (Å²) in [4.78, 5) is 0. The van der Waals surface area contributed by atoms with E-state index in [0.29, 0.717) is 11.7 Å². The van der Waals surface area contributed by atoms with Crippen LogP contribution in [0.1, 0.15) is 17.0 Å². The molecule has 0 atom stereocenters. The second-order valence-electron chi connectivity index (χ2n) is 6.28. The lowest BCUT2D eigenvalue weighted by molar-refractivity contribution is 0.174. The Labute approximate surface area is 164 Å². The van der Waals surface area contributed by atoms with Gasteiger partial charge in [-0.2, -0.15) is 0 Å². The quantitative estimate of drug-likeness (QED) is 0.640. The molecule has 0 fully saturated rings. The van der Waals surface area contributed by atoms with Gasteiger partial charge in [0.05, 0.1) is 0 Å². The molecule has 2 N–H and O–H groups in total. The smallest absolute Gasteiger partial charge is 0.231 e. The number of rotatable bonds is 5. The molecule has 27 heavy (non-hydrogen) atoms. The first-order chi connectivity index (χ1) is 13.3. The van der Waals surface area contributed by atoms with Crippen LogP contribution in [0.3, 0.4) is 0 Å². The van der Waals surface area contributed by atoms with E-state index in [4.69, 9.17) is 21.7 Å². The SMILES string of the molecule is S=C(NCC(c1ccccc1)c1ccccc1)Nc1ccc2c(c1)OCO2. The van der Waals surface area contributed by atoms with Gasteiger partial charge >= 0.3 is 0 Å². The first kappa shape index (κ1) is 17.4. The van der Waals surface area contributed by atoms with Crippen LogP contribution in [0.4, 0.5) is 5.69 Å². The van der Waals surface area contributed by atoms with Crippen LogP contribution < -0.4 is 20.1 Å². The zero-order chi connectivity index (χ0) is 18.5. The van der Waals surface area contributed by atoms with Crippen LogP contribution >= 0.6 is 12.2 Å². The molecule has 0 saturated heterocycles. The summed E-state index contributed by atoms with van der Waals surface area (Å²) in [6, 6.07) is 26.6. The fourth-order valence-electron chi connectivity index (χ4n) is 3.14. The Kier molecular flexibility index (Phi) is 5.21. The van der Waals surface area contributed by atoms with E-state index in [2.05, 4.69) is 59.2 Å². The average Bonchev–Trinajstić information content (AvgIpc) is 3.18. The van der Waals surface area contributed by atoms with Crippen molar-refractivity contribution in [3.8, 4) is 11.5 Å². The normalized spacial score (nSPS) is 12.0. The van der Waals surface area contributed by atoms with Crippen LogP contribution in [0, 0.1) is 0 Å². The molecule has 3 aromatic carbocycles. The van der Waals surface area contributed by atoms with E-state index < -0.39 is 0 Å². The standard InChI is InChI=1S/C22H20N2O2S/c27-22(24-18-11-12-20-21(13-18)26-15-25-20)23-14-19(16-7-3-1-4-8-16)17-9-5-2-6-10-17/h1-13,19H,14-15H2,(H2,23,24,27). The average molecular weight is 376 g/mol. The van der Waals surface area contributed by atoms with Crippen molar-refractivity contribution in [1.82, 2.24) is 5.32 Å². The monoisotopic (exact) mass is 376 g/mol. The molecule has 4 rings (SSSR count). The van der Waals surface area contributed by atoms with E-state index >= 15 is 0 Å². The van der Waals surface area contributed by atoms with Gasteiger partial charge in [-0.3, -0.25) is 0 Å². The summed E-state index contributed by atoms with van der Waals surface area (Å²) in [5.74, 6) is 1.70. The van der Waals surface area contributed by atoms with Gasteiger partial charge in [0.25, 0.3) is 0 Å². The summed E-state index contributed by atoms with van der Waals surface area (Å²) in [6.45, 7) is 0.960. The summed E-state index contributed by atoms with van der Waals surface area (Å²) < 4.78 is 10.7. The molecule has 1 aliphatic rings. The highest BCUT2D eigenvalue weighted by Gasteiger charge is 2.16. The fraction of sp³-hybridized carbons (Fsp3) is 0.136. The van der Waals surface area contributed by atoms with Gasteiger partial charge in [0.1, 0.15) is 0 Å². The third-order valence-electron chi connectivity index (χ3n) is 4.50. The second kappa shape index (κ2) is 8.10. The molecule has 0 aliphatic carbocycles. The number of hydrogen-bond acceptors (Lipinski definition) is 3. The zero-order valence-corrected chi connectivity index (χ0v) is 15.5. The van der Waals surface area contributed by atoms with Crippen molar-refractivity contribution < 1.29 is 9.47 Å². The van der Waals surface area contributed by atoms with Crippen molar-refractivity contribution in [3.05, 3.63) is 90.0 Å². The molecule has 3 aromatic rings. The first-order valence-corrected chi connectivity index (χ1v) is 9.25. The van der Waals surface area contributed by atoms with Gasteiger partial charge in [0, 0.05) is 24.2 Å². The lowest BCUT2D eigenvalue weighted by Crippen LogP contribution is -2.32. The topological polar surface area (TPSA) is 42.5 Å². The maximum atomic E-state index is 5.49. The molecule has 0 amide bonds. The molecule has 136 valence electrons. The summed E-state index contributed by atoms with van der Waals surface area (Å²) >= 11 is 5.49. The zero-order valence-electron chi connectivity index (χ0n) is 14.7. The van der Waals surface area contributed by atoms with Gasteiger partial charge < -0.3 is 20.1 Å². The first-order valence-electron chi connectivity index (χ1n) is 8.84. The van der Waals surface area contributed by atoms with E-state index in [1.807, 2.05) is 30.3 Å². The van der Waals surface area contributed by atoms with Gasteiger partial charge in [-0.1, -0.05) is 60.7 Å². The number of nitrogens with one attached hydrogen (secondary N) is 2. The van der Waals surface area contributed by atoms with Gasteiger partial charge in [0.15, 0.2) is 16.6 Å². The predicted molar refractivity (Wildman–Crippen MR) is 112 cm³/mol. The molecule has 1 heterocycles. The minimum absolute atomic E-state index is 0.212. The van der Waals surface area contributed by atoms with Crippen LogP contribution in [0.2, 0.25) is 0 Å². The molecule has 0 bridgehead atoms. The number of ether oxygens (including phenoxy) is 2. The second-order valence-corrected chi connectivity index (χ2v) is 6.69. The number of fused-ring (bicyclic) bond motifs is 1. The van der Waals surface area contributed by atoms with Crippen molar-refractivity contribution in [2.45, 2.75) is 5.92 Å². The molecule has 0 spiro atoms. The number of benzene rings is 3. The Balaban J connectivity index is 1.44. The van der Waals surface area contributed by atoms with Crippen LogP contribution in [0.5, 0.6) is 11.5 Å². The number of anilines is 1. The maximum Gasteiger partial charge on any atom is 0.231 e. The molecular formula is C22H20N2O2S. The Morgan fingerprint density at radius 1 is 0.852 bits per heavy atom. The van der Waals surface area contributed by atoms with E-state index in [1.165, 1.54) is 11.1 Å². The summed E-state index contributed by atoms with van der Waals surface area (Å²) in [5, 5.41) is 7.13. The minimum atomic E-state index is 0.212. The number of thiocarbonyl (C=S) groups is 1. The third kappa shape index (κ3) is 4.20. The Morgan fingerprint density at radius 3 is 2.15 bits per heavy atom. The third-order valence-corrected chi connectivity index (χ3v) is 4.75. The van der Waals surface area contributed by atoms with Gasteiger partial charge in [-0.05, 0) is 35.5 Å². The molecule has 4 nitrogen and oxygen atoms in total. The molecule has 1 aliphatic heterocycles. The van der Waals surface area contributed by atoms with Crippen molar-refractivity contribution in [1.29, 1.82) is 0 Å². The van der Waals surface area contributed by atoms with Crippen LogP contribution in [-0.4, -0.2) is 18.5 Å². The van der Waals surface area contributed by atoms with E-state index in [9.17, 15) is 0 Å². The Bertz CT molecular complexity index is 877. The molecule has 0 aromatic heterocycles. The van der Waals surface area contributed by atoms with Gasteiger partial charge in [-0.15, -0.1) is 0 Å². The van der Waals surface area contributed by atoms with E-state index in [0.717, 1.165) is 17.2 Å². The minimum Gasteiger partial charge on any atom is -0.454 e. The molecular weight excluding hydrogens is 356 g/mol. The van der Waals surface area contributed by atoms with Crippen molar-refractivity contribution in [2.75, 3.05) is 18.7 Å². The van der Waals surface area contributed by atoms with Gasteiger partial charge in [0.2, 0.25) is 6.79 Å². The maximum absolute atomic E-state index is 5.49. The van der Waals surface area contributed by atoms with Crippen LogP contribution in [-0.2, 0) is 0 Å². The van der Waals surface area contributed by atoms with Gasteiger partial charge in [-0.25, -0.2) is 0 Å². The van der Waals surface area contributed by atoms with E-state index in [-0.39, 0.29) is 12.7 Å². The molecule has 5 heteroatoms. The summed E-state index contributed by atoms with van der Waals surface area (Å²) in [7, 11) is 0. The fourth-order valence-corrected chi connectivity index (χ4v) is 3.34. The number of hydrogen-bond donors (Lipinski definition) is 2. The van der Waals surface area contributed by atoms with Crippen molar-refractivity contribution in [2.24, 2.45) is 0 Å². The highest BCUT2D eigenvalue weighted by molar-refractivity contribution is 7.80. The predicted octanol–water partition coefficient (Wildman–Crippen LogP) is 4.53. The highest BCUT2D eigenvalue weighted by atomic mass is 32.1. The summed E-state index contributed by atoms with van der Waals surface area (Å²) in [6.07, 6.45) is 0. The Hall–Kier alpha value is -3.05. The van der Waals surface area contributed by atoms with Crippen LogP contribution in [0.25, 0.3) is 0 Å². The summed E-state index contributed by atoms with van der Waals surface area (Å²) in [5.41, 5.74) is 3.37. The largest absolute Gasteiger partial charge is 0.454 e. The lowest BCUT2D eigenvalue weighted by atomic mass is 9.91. The lowest BCUT2D eigenvalue weighted by Gasteiger charge is -2.20. The molecule has 0 unspecified atom stereocenters. The van der Waals surface area contributed by atoms with Crippen molar-refractivity contribution in [3.63, 3.8) is 0 Å².